The van der Waals surface area contributed by atoms with Gasteiger partial charge in [-0.05, 0) is 72.6 Å². The number of rotatable bonds is 8. The van der Waals surface area contributed by atoms with Gasteiger partial charge in [-0.15, -0.1) is 69.1 Å². The molecule has 8 rings (SSSR count). The second-order valence-corrected chi connectivity index (χ2v) is 14.4. The van der Waals surface area contributed by atoms with E-state index in [2.05, 4.69) is 137 Å². The average Bonchev–Trinajstić information content (AvgIpc) is 3.96. The molecule has 2 saturated carbocycles. The van der Waals surface area contributed by atoms with Crippen LogP contribution in [0.15, 0.2) is 109 Å². The Bertz CT molecular complexity index is 1740. The largest absolute Gasteiger partial charge is 1.00 e. The fourth-order valence-electron chi connectivity index (χ4n) is 8.29. The van der Waals surface area contributed by atoms with Crippen LogP contribution in [0.3, 0.4) is 0 Å². The number of benzene rings is 4. The Morgan fingerprint density at radius 3 is 1.21 bits per heavy atom. The normalized spacial score (nSPS) is 14.1. The molecule has 0 amide bonds. The number of hydrogen-bond acceptors (Lipinski definition) is 0. The molecule has 0 N–H and O–H groups in total. The van der Waals surface area contributed by atoms with Crippen molar-refractivity contribution in [3.8, 4) is 22.3 Å². The van der Waals surface area contributed by atoms with Crippen LogP contribution in [0.2, 0.25) is 0 Å². The van der Waals surface area contributed by atoms with Crippen LogP contribution in [0.1, 0.15) is 119 Å². The maximum atomic E-state index is 3.38. The van der Waals surface area contributed by atoms with Crippen LogP contribution in [-0.4, -0.2) is 0 Å². The van der Waals surface area contributed by atoms with Crippen molar-refractivity contribution in [2.24, 2.45) is 0 Å². The monoisotopic (exact) mass is 894 g/mol. The Morgan fingerprint density at radius 2 is 0.885 bits per heavy atom. The van der Waals surface area contributed by atoms with Gasteiger partial charge in [0.25, 0.3) is 0 Å². The first kappa shape index (κ1) is 44.0. The molecule has 2 fully saturated rings. The number of aryl methyl sites for hydroxylation is 2. The zero-order chi connectivity index (χ0) is 34.0. The van der Waals surface area contributed by atoms with E-state index in [1.807, 2.05) is 0 Å². The molecule has 0 unspecified atom stereocenters. The molecular weight excluding hydrogens is 838 g/mol. The Kier molecular flexibility index (Phi) is 18.6. The Labute approximate surface area is 346 Å². The van der Waals surface area contributed by atoms with E-state index in [0.29, 0.717) is 0 Å². The summed E-state index contributed by atoms with van der Waals surface area (Å²) in [5, 5.41) is 5.67. The molecule has 0 bridgehead atoms. The molecule has 2 aliphatic rings. The summed E-state index contributed by atoms with van der Waals surface area (Å²) in [4.78, 5) is 0. The molecular formula is C49H56Cl2Hf-6. The fourth-order valence-corrected chi connectivity index (χ4v) is 8.29. The number of fused-ring (bicyclic) bond motifs is 2. The van der Waals surface area contributed by atoms with Crippen LogP contribution in [-0.2, 0) is 38.7 Å². The van der Waals surface area contributed by atoms with Gasteiger partial charge in [-0.25, -0.2) is 0 Å². The molecule has 0 nitrogen and oxygen atoms in total. The predicted octanol–water partition coefficient (Wildman–Crippen LogP) is 8.72. The minimum Gasteiger partial charge on any atom is -1.00 e. The van der Waals surface area contributed by atoms with Gasteiger partial charge in [-0.3, -0.25) is 0 Å². The van der Waals surface area contributed by atoms with Crippen molar-refractivity contribution in [3.63, 3.8) is 0 Å². The van der Waals surface area contributed by atoms with E-state index < -0.39 is 0 Å². The maximum absolute atomic E-state index is 3.38. The van der Waals surface area contributed by atoms with Crippen molar-refractivity contribution in [2.45, 2.75) is 109 Å². The van der Waals surface area contributed by atoms with E-state index in [1.54, 1.807) is 11.1 Å². The molecule has 0 heterocycles. The van der Waals surface area contributed by atoms with Gasteiger partial charge >= 0.3 is 0 Å². The first-order chi connectivity index (χ1) is 24.1. The van der Waals surface area contributed by atoms with Gasteiger partial charge in [-0.1, -0.05) is 124 Å². The topological polar surface area (TPSA) is 0 Å². The molecule has 276 valence electrons. The average molecular weight is 894 g/mol. The van der Waals surface area contributed by atoms with Gasteiger partial charge in [-0.2, -0.15) is 12.1 Å². The summed E-state index contributed by atoms with van der Waals surface area (Å²) in [5.41, 5.74) is 11.5. The third-order valence-corrected chi connectivity index (χ3v) is 10.8. The molecule has 6 aromatic carbocycles. The van der Waals surface area contributed by atoms with Crippen LogP contribution in [0.25, 0.3) is 43.8 Å². The summed E-state index contributed by atoms with van der Waals surface area (Å²) in [6.45, 7) is 11.2. The Morgan fingerprint density at radius 1 is 0.538 bits per heavy atom. The van der Waals surface area contributed by atoms with Crippen LogP contribution >= 0.6 is 0 Å². The summed E-state index contributed by atoms with van der Waals surface area (Å²) in [6, 6.07) is 41.6. The maximum Gasteiger partial charge on any atom is 0 e. The summed E-state index contributed by atoms with van der Waals surface area (Å²) in [6.07, 6.45) is 16.6. The van der Waals surface area contributed by atoms with E-state index >= 15 is 0 Å². The zero-order valence-corrected chi connectivity index (χ0v) is 36.5. The molecule has 0 aliphatic heterocycles. The minimum atomic E-state index is 0. The molecule has 0 saturated heterocycles. The quantitative estimate of drug-likeness (QED) is 0.106. The first-order valence-electron chi connectivity index (χ1n) is 19.3. The van der Waals surface area contributed by atoms with Crippen LogP contribution in [0, 0.1) is 13.8 Å². The second kappa shape index (κ2) is 22.1. The molecule has 3 heteroatoms. The van der Waals surface area contributed by atoms with E-state index in [1.165, 1.54) is 132 Å². The van der Waals surface area contributed by atoms with Crippen LogP contribution in [0.5, 0.6) is 0 Å². The molecule has 0 spiro atoms. The number of halogens is 2. The molecule has 6 aromatic rings. The SMILES string of the molecule is CCCc1ccc(-c2cccc3[cH-]c(C4CCCC4)cc23)cc1.CCCc1ccc(-c2cccc3[cH-]c(C4CCCC4)cc23)cc1.[CH2-]C[CH2-].[Cl-].[Cl-].[Hf]. The van der Waals surface area contributed by atoms with Gasteiger partial charge in [0.15, 0.2) is 0 Å². The fraction of sp³-hybridized carbons (Fsp3) is 0.347. The van der Waals surface area contributed by atoms with Gasteiger partial charge < -0.3 is 45.1 Å². The zero-order valence-electron chi connectivity index (χ0n) is 31.4. The smallest absolute Gasteiger partial charge is 0 e. The third-order valence-electron chi connectivity index (χ3n) is 10.8. The van der Waals surface area contributed by atoms with Crippen molar-refractivity contribution in [1.82, 2.24) is 0 Å². The first-order valence-corrected chi connectivity index (χ1v) is 19.3. The summed E-state index contributed by atoms with van der Waals surface area (Å²) in [7, 11) is 0. The molecule has 52 heavy (non-hydrogen) atoms. The van der Waals surface area contributed by atoms with Gasteiger partial charge in [0.2, 0.25) is 0 Å². The summed E-state index contributed by atoms with van der Waals surface area (Å²) < 4.78 is 0. The van der Waals surface area contributed by atoms with E-state index in [0.717, 1.165) is 18.3 Å². The van der Waals surface area contributed by atoms with Crippen molar-refractivity contribution in [2.75, 3.05) is 0 Å². The van der Waals surface area contributed by atoms with Crippen LogP contribution in [0.4, 0.5) is 0 Å². The summed E-state index contributed by atoms with van der Waals surface area (Å²) in [5.74, 6) is 1.59. The minimum absolute atomic E-state index is 0. The van der Waals surface area contributed by atoms with E-state index in [9.17, 15) is 0 Å². The molecule has 0 aromatic heterocycles. The van der Waals surface area contributed by atoms with Gasteiger partial charge in [0, 0.05) is 25.8 Å². The Hall–Kier alpha value is -2.45. The van der Waals surface area contributed by atoms with Crippen molar-refractivity contribution < 1.29 is 50.7 Å². The van der Waals surface area contributed by atoms with Crippen molar-refractivity contribution in [3.05, 3.63) is 145 Å². The van der Waals surface area contributed by atoms with Crippen molar-refractivity contribution in [1.29, 1.82) is 0 Å². The predicted molar refractivity (Wildman–Crippen MR) is 216 cm³/mol. The molecule has 0 atom stereocenters. The standard InChI is InChI=1S/2C23H25.C3H6.2ClH.Hf/c2*1-2-6-17-11-13-19(14-12-17)22-10-5-9-20-15-21(16-23(20)22)18-7-3-4-8-18;1-3-2;;;/h2*5,9-16,18H,2-4,6-8H2,1H3;1-3H2;2*1H;/q2*-1;-2;;;/p-2. The van der Waals surface area contributed by atoms with E-state index in [-0.39, 0.29) is 50.7 Å². The Balaban J connectivity index is 0.000000248. The van der Waals surface area contributed by atoms with E-state index in [4.69, 9.17) is 0 Å². The van der Waals surface area contributed by atoms with Gasteiger partial charge in [0.1, 0.15) is 0 Å². The number of hydrogen-bond donors (Lipinski definition) is 0. The second-order valence-electron chi connectivity index (χ2n) is 14.4. The van der Waals surface area contributed by atoms with Gasteiger partial charge in [0.05, 0.1) is 0 Å². The summed E-state index contributed by atoms with van der Waals surface area (Å²) >= 11 is 0. The van der Waals surface area contributed by atoms with Crippen LogP contribution < -0.4 is 24.8 Å². The van der Waals surface area contributed by atoms with Crippen molar-refractivity contribution >= 4 is 21.5 Å². The third kappa shape index (κ3) is 10.8. The molecule has 2 aliphatic carbocycles. The molecule has 0 radical (unpaired) electrons.